The van der Waals surface area contributed by atoms with Gasteiger partial charge >= 0.3 is 5.69 Å². The third kappa shape index (κ3) is 5.84. The first-order valence-electron chi connectivity index (χ1n) is 11.2. The number of hydrazone groups is 1. The van der Waals surface area contributed by atoms with Gasteiger partial charge in [0.05, 0.1) is 5.71 Å². The lowest BCUT2D eigenvalue weighted by atomic mass is 10.1. The molecular formula is C24H32N6O2. The van der Waals surface area contributed by atoms with E-state index in [0.717, 1.165) is 24.1 Å². The molecule has 3 rings (SSSR count). The molecule has 1 aromatic carbocycles. The van der Waals surface area contributed by atoms with E-state index in [1.54, 1.807) is 7.05 Å². The molecule has 32 heavy (non-hydrogen) atoms. The molecule has 0 spiro atoms. The van der Waals surface area contributed by atoms with Crippen LogP contribution in [0.1, 0.15) is 57.9 Å². The molecule has 0 aliphatic rings. The van der Waals surface area contributed by atoms with Crippen LogP contribution in [0.25, 0.3) is 17.2 Å². The van der Waals surface area contributed by atoms with E-state index in [1.165, 1.54) is 30.3 Å². The molecule has 3 aromatic rings. The number of fused-ring (bicyclic) bond motifs is 1. The first-order valence-corrected chi connectivity index (χ1v) is 11.2. The SMILES string of the molecule is CCCCCCCCn1c(N/N=C(C)\C=C\c2ccccc2)nc2c1c(=O)[nH]c(=O)n2C. The average Bonchev–Trinajstić information content (AvgIpc) is 3.17. The molecule has 8 nitrogen and oxygen atoms in total. The molecule has 0 atom stereocenters. The van der Waals surface area contributed by atoms with Crippen molar-refractivity contribution in [2.45, 2.75) is 58.9 Å². The quantitative estimate of drug-likeness (QED) is 0.266. The van der Waals surface area contributed by atoms with Crippen LogP contribution in [0.4, 0.5) is 5.95 Å². The van der Waals surface area contributed by atoms with E-state index in [4.69, 9.17) is 0 Å². The van der Waals surface area contributed by atoms with Crippen molar-refractivity contribution in [2.75, 3.05) is 5.43 Å². The molecule has 0 aliphatic heterocycles. The highest BCUT2D eigenvalue weighted by atomic mass is 16.2. The molecule has 0 aliphatic carbocycles. The van der Waals surface area contributed by atoms with Crippen molar-refractivity contribution in [3.05, 3.63) is 62.8 Å². The number of hydrogen-bond acceptors (Lipinski definition) is 5. The second-order valence-corrected chi connectivity index (χ2v) is 7.95. The summed E-state index contributed by atoms with van der Waals surface area (Å²) in [6.45, 7) is 4.71. The van der Waals surface area contributed by atoms with Crippen molar-refractivity contribution in [2.24, 2.45) is 12.1 Å². The van der Waals surface area contributed by atoms with Gasteiger partial charge in [0, 0.05) is 13.6 Å². The second-order valence-electron chi connectivity index (χ2n) is 7.95. The molecule has 0 bridgehead atoms. The summed E-state index contributed by atoms with van der Waals surface area (Å²) < 4.78 is 3.18. The summed E-state index contributed by atoms with van der Waals surface area (Å²) in [6, 6.07) is 9.98. The normalized spacial score (nSPS) is 12.2. The van der Waals surface area contributed by atoms with Crippen LogP contribution in [-0.2, 0) is 13.6 Å². The maximum absolute atomic E-state index is 12.6. The Hall–Kier alpha value is -3.42. The number of unbranched alkanes of at least 4 members (excludes halogenated alkanes) is 5. The zero-order chi connectivity index (χ0) is 22.9. The molecule has 0 unspecified atom stereocenters. The predicted octanol–water partition coefficient (Wildman–Crippen LogP) is 4.29. The van der Waals surface area contributed by atoms with Gasteiger partial charge in [-0.1, -0.05) is 75.4 Å². The Morgan fingerprint density at radius 1 is 1.12 bits per heavy atom. The summed E-state index contributed by atoms with van der Waals surface area (Å²) in [5, 5.41) is 4.41. The molecule has 0 fully saturated rings. The van der Waals surface area contributed by atoms with Crippen LogP contribution in [0.2, 0.25) is 0 Å². The minimum atomic E-state index is -0.483. The van der Waals surface area contributed by atoms with Crippen molar-refractivity contribution < 1.29 is 0 Å². The maximum atomic E-state index is 12.6. The number of allylic oxidation sites excluding steroid dienone is 1. The molecule has 170 valence electrons. The van der Waals surface area contributed by atoms with Gasteiger partial charge in [0.15, 0.2) is 11.2 Å². The summed E-state index contributed by atoms with van der Waals surface area (Å²) in [7, 11) is 1.60. The van der Waals surface area contributed by atoms with Crippen LogP contribution in [0.5, 0.6) is 0 Å². The van der Waals surface area contributed by atoms with E-state index in [0.29, 0.717) is 23.7 Å². The second kappa shape index (κ2) is 11.3. The number of rotatable bonds is 11. The Bertz CT molecular complexity index is 1200. The number of imidazole rings is 1. The van der Waals surface area contributed by atoms with Crippen molar-refractivity contribution in [3.63, 3.8) is 0 Å². The maximum Gasteiger partial charge on any atom is 0.329 e. The number of hydrogen-bond donors (Lipinski definition) is 2. The predicted molar refractivity (Wildman–Crippen MR) is 131 cm³/mol. The van der Waals surface area contributed by atoms with Crippen LogP contribution in [0.3, 0.4) is 0 Å². The van der Waals surface area contributed by atoms with Crippen molar-refractivity contribution in [1.29, 1.82) is 0 Å². The van der Waals surface area contributed by atoms with Crippen LogP contribution >= 0.6 is 0 Å². The average molecular weight is 437 g/mol. The van der Waals surface area contributed by atoms with Gasteiger partial charge in [0.25, 0.3) is 5.56 Å². The summed E-state index contributed by atoms with van der Waals surface area (Å²) in [6.07, 6.45) is 10.7. The molecular weight excluding hydrogens is 404 g/mol. The van der Waals surface area contributed by atoms with Crippen LogP contribution in [0, 0.1) is 0 Å². The largest absolute Gasteiger partial charge is 0.329 e. The lowest BCUT2D eigenvalue weighted by molar-refractivity contribution is 0.565. The number of nitrogens with zero attached hydrogens (tertiary/aromatic N) is 4. The van der Waals surface area contributed by atoms with E-state index in [1.807, 2.05) is 54.0 Å². The number of benzene rings is 1. The molecule has 2 N–H and O–H groups in total. The van der Waals surface area contributed by atoms with Crippen molar-refractivity contribution >= 4 is 28.9 Å². The van der Waals surface area contributed by atoms with Gasteiger partial charge in [-0.25, -0.2) is 10.2 Å². The fourth-order valence-electron chi connectivity index (χ4n) is 3.54. The topological polar surface area (TPSA) is 97.1 Å². The van der Waals surface area contributed by atoms with Crippen LogP contribution in [0.15, 0.2) is 51.1 Å². The molecule has 0 amide bonds. The highest BCUT2D eigenvalue weighted by molar-refractivity contribution is 5.96. The molecule has 0 radical (unpaired) electrons. The highest BCUT2D eigenvalue weighted by Gasteiger charge is 2.17. The lowest BCUT2D eigenvalue weighted by Gasteiger charge is -2.08. The van der Waals surface area contributed by atoms with Gasteiger partial charge < -0.3 is 4.57 Å². The Labute approximate surface area is 187 Å². The Kier molecular flexibility index (Phi) is 8.19. The Balaban J connectivity index is 1.83. The fourth-order valence-corrected chi connectivity index (χ4v) is 3.54. The Morgan fingerprint density at radius 2 is 1.84 bits per heavy atom. The number of aromatic amines is 1. The fraction of sp³-hybridized carbons (Fsp3) is 0.417. The van der Waals surface area contributed by atoms with Gasteiger partial charge in [-0.2, -0.15) is 10.1 Å². The molecule has 0 saturated carbocycles. The zero-order valence-corrected chi connectivity index (χ0v) is 19.1. The zero-order valence-electron chi connectivity index (χ0n) is 19.1. The summed E-state index contributed by atoms with van der Waals surface area (Å²) in [5.74, 6) is 0.452. The van der Waals surface area contributed by atoms with E-state index < -0.39 is 11.2 Å². The highest BCUT2D eigenvalue weighted by Crippen LogP contribution is 2.17. The molecule has 8 heteroatoms. The van der Waals surface area contributed by atoms with E-state index in [2.05, 4.69) is 27.4 Å². The standard InChI is InChI=1S/C24H32N6O2/c1-4-5-6-7-8-12-17-30-20-21(29(3)24(32)26-22(20)31)25-23(30)28-27-18(2)15-16-19-13-10-9-11-14-19/h9-11,13-16H,4-8,12,17H2,1-3H3,(H,25,28)(H,26,31,32)/b16-15+,27-18-. The smallest absolute Gasteiger partial charge is 0.303 e. The Morgan fingerprint density at radius 3 is 2.59 bits per heavy atom. The van der Waals surface area contributed by atoms with E-state index in [-0.39, 0.29) is 0 Å². The summed E-state index contributed by atoms with van der Waals surface area (Å²) in [4.78, 5) is 31.5. The number of nitrogens with one attached hydrogen (secondary N) is 2. The number of anilines is 1. The monoisotopic (exact) mass is 436 g/mol. The minimum absolute atomic E-state index is 0.347. The summed E-state index contributed by atoms with van der Waals surface area (Å²) >= 11 is 0. The number of aromatic nitrogens is 4. The van der Waals surface area contributed by atoms with Crippen molar-refractivity contribution in [1.82, 2.24) is 19.1 Å². The molecule has 2 heterocycles. The third-order valence-electron chi connectivity index (χ3n) is 5.39. The van der Waals surface area contributed by atoms with Gasteiger partial charge in [-0.3, -0.25) is 14.3 Å². The minimum Gasteiger partial charge on any atom is -0.303 e. The van der Waals surface area contributed by atoms with Crippen LogP contribution < -0.4 is 16.7 Å². The summed E-state index contributed by atoms with van der Waals surface area (Å²) in [5.41, 5.74) is 4.65. The van der Waals surface area contributed by atoms with E-state index >= 15 is 0 Å². The number of H-pyrrole nitrogens is 1. The lowest BCUT2D eigenvalue weighted by Crippen LogP contribution is -2.29. The van der Waals surface area contributed by atoms with Gasteiger partial charge in [-0.15, -0.1) is 0 Å². The van der Waals surface area contributed by atoms with Gasteiger partial charge in [0.2, 0.25) is 5.95 Å². The third-order valence-corrected chi connectivity index (χ3v) is 5.39. The van der Waals surface area contributed by atoms with E-state index in [9.17, 15) is 9.59 Å². The van der Waals surface area contributed by atoms with Gasteiger partial charge in [-0.05, 0) is 25.0 Å². The molecule has 0 saturated heterocycles. The van der Waals surface area contributed by atoms with Crippen molar-refractivity contribution in [3.8, 4) is 0 Å². The van der Waals surface area contributed by atoms with Crippen LogP contribution in [-0.4, -0.2) is 24.8 Å². The first-order chi connectivity index (χ1) is 15.5. The molecule has 2 aromatic heterocycles. The first kappa shape index (κ1) is 23.2. The van der Waals surface area contributed by atoms with Gasteiger partial charge in [0.1, 0.15) is 0 Å². The number of aryl methyl sites for hydroxylation is 2.